The van der Waals surface area contributed by atoms with Gasteiger partial charge in [0.05, 0.1) is 0 Å². The van der Waals surface area contributed by atoms with E-state index >= 15 is 0 Å². The molecule has 0 heterocycles. The van der Waals surface area contributed by atoms with Crippen LogP contribution in [0.4, 0.5) is 13.2 Å². The molecule has 0 aliphatic rings. The zero-order chi connectivity index (χ0) is 15.1. The molecule has 10 heteroatoms. The molecule has 4 N–H and O–H groups in total. The fourth-order valence-corrected chi connectivity index (χ4v) is 1.04. The van der Waals surface area contributed by atoms with E-state index in [1.165, 1.54) is 0 Å². The third kappa shape index (κ3) is 9.83. The largest absolute Gasteiger partial charge is 0.480 e. The fourth-order valence-electron chi connectivity index (χ4n) is 1.04. The first-order chi connectivity index (χ1) is 8.61. The van der Waals surface area contributed by atoms with Crippen molar-refractivity contribution in [2.75, 3.05) is 13.2 Å². The summed E-state index contributed by atoms with van der Waals surface area (Å²) in [6.45, 7) is -2.54. The molecule has 0 radical (unpaired) electrons. The Kier molecular flexibility index (Phi) is 6.83. The molecule has 0 unspecified atom stereocenters. The summed E-state index contributed by atoms with van der Waals surface area (Å²) >= 11 is 0. The van der Waals surface area contributed by atoms with Gasteiger partial charge in [-0.25, -0.2) is 4.79 Å². The molecule has 19 heavy (non-hydrogen) atoms. The zero-order valence-corrected chi connectivity index (χ0v) is 9.70. The van der Waals surface area contributed by atoms with Crippen molar-refractivity contribution < 1.29 is 37.4 Å². The third-order valence-corrected chi connectivity index (χ3v) is 1.81. The smallest absolute Gasteiger partial charge is 0.411 e. The second-order valence-corrected chi connectivity index (χ2v) is 3.57. The van der Waals surface area contributed by atoms with Gasteiger partial charge in [-0.05, 0) is 6.42 Å². The van der Waals surface area contributed by atoms with Crippen LogP contribution in [0.25, 0.3) is 0 Å². The molecule has 0 rings (SSSR count). The lowest BCUT2D eigenvalue weighted by molar-refractivity contribution is -0.176. The van der Waals surface area contributed by atoms with Crippen LogP contribution in [0.5, 0.6) is 0 Å². The van der Waals surface area contributed by atoms with E-state index in [9.17, 15) is 27.6 Å². The van der Waals surface area contributed by atoms with E-state index in [-0.39, 0.29) is 12.8 Å². The highest BCUT2D eigenvalue weighted by Gasteiger charge is 2.28. The van der Waals surface area contributed by atoms with E-state index in [1.807, 2.05) is 5.32 Å². The summed E-state index contributed by atoms with van der Waals surface area (Å²) in [6, 6.07) is -1.41. The summed E-state index contributed by atoms with van der Waals surface area (Å²) in [4.78, 5) is 32.3. The van der Waals surface area contributed by atoms with Crippen LogP contribution in [0.1, 0.15) is 12.8 Å². The molecule has 1 atom stereocenters. The quantitative estimate of drug-likeness (QED) is 0.550. The minimum absolute atomic E-state index is 0.254. The Bertz CT molecular complexity index is 345. The molecule has 7 nitrogen and oxygen atoms in total. The van der Waals surface area contributed by atoms with Crippen LogP contribution < -0.4 is 11.1 Å². The van der Waals surface area contributed by atoms with Crippen molar-refractivity contribution in [3.05, 3.63) is 0 Å². The van der Waals surface area contributed by atoms with Crippen molar-refractivity contribution in [2.45, 2.75) is 25.1 Å². The van der Waals surface area contributed by atoms with Gasteiger partial charge in [-0.1, -0.05) is 0 Å². The second-order valence-electron chi connectivity index (χ2n) is 3.57. The number of alkyl halides is 3. The van der Waals surface area contributed by atoms with Crippen LogP contribution in [0, 0.1) is 0 Å². The van der Waals surface area contributed by atoms with Crippen molar-refractivity contribution in [3.63, 3.8) is 0 Å². The minimum atomic E-state index is -4.57. The normalized spacial score (nSPS) is 12.8. The maximum absolute atomic E-state index is 11.7. The number of nitrogens with two attached hydrogens (primary N) is 1. The lowest BCUT2D eigenvalue weighted by Crippen LogP contribution is -2.43. The maximum Gasteiger partial charge on any atom is 0.411 e. The van der Waals surface area contributed by atoms with E-state index in [2.05, 4.69) is 4.74 Å². The predicted molar refractivity (Wildman–Crippen MR) is 54.9 cm³/mol. The monoisotopic (exact) mass is 286 g/mol. The molecule has 0 saturated carbocycles. The van der Waals surface area contributed by atoms with E-state index in [1.54, 1.807) is 0 Å². The summed E-state index contributed by atoms with van der Waals surface area (Å²) in [7, 11) is 0. The molecule has 0 spiro atoms. The molecule has 0 aromatic carbocycles. The van der Waals surface area contributed by atoms with E-state index in [0.29, 0.717) is 0 Å². The SMILES string of the molecule is NC(=O)CC[C@H](NC(=O)COCC(F)(F)F)C(=O)O. The average molecular weight is 286 g/mol. The molecule has 2 amide bonds. The highest BCUT2D eigenvalue weighted by atomic mass is 19.4. The Morgan fingerprint density at radius 1 is 1.32 bits per heavy atom. The zero-order valence-electron chi connectivity index (χ0n) is 9.70. The predicted octanol–water partition coefficient (Wildman–Crippen LogP) is -0.600. The summed E-state index contributed by atoms with van der Waals surface area (Å²) in [6.07, 6.45) is -5.10. The number of hydrogen-bond acceptors (Lipinski definition) is 4. The molecule has 0 aliphatic carbocycles. The summed E-state index contributed by atoms with van der Waals surface area (Å²) in [5.41, 5.74) is 4.81. The van der Waals surface area contributed by atoms with Crippen molar-refractivity contribution in [3.8, 4) is 0 Å². The number of primary amides is 1. The maximum atomic E-state index is 11.7. The van der Waals surface area contributed by atoms with Crippen LogP contribution in [0.15, 0.2) is 0 Å². The number of carboxylic acid groups (broad SMARTS) is 1. The Morgan fingerprint density at radius 3 is 2.32 bits per heavy atom. The number of hydrogen-bond donors (Lipinski definition) is 3. The first-order valence-electron chi connectivity index (χ1n) is 5.07. The third-order valence-electron chi connectivity index (χ3n) is 1.81. The molecule has 0 fully saturated rings. The number of carboxylic acids is 1. The van der Waals surface area contributed by atoms with Crippen molar-refractivity contribution >= 4 is 17.8 Å². The number of halogens is 3. The van der Waals surface area contributed by atoms with Crippen LogP contribution in [0.3, 0.4) is 0 Å². The van der Waals surface area contributed by atoms with Gasteiger partial charge in [0.2, 0.25) is 11.8 Å². The molecule has 110 valence electrons. The van der Waals surface area contributed by atoms with E-state index in [0.717, 1.165) is 0 Å². The molecule has 0 aromatic rings. The Balaban J connectivity index is 4.10. The van der Waals surface area contributed by atoms with Crippen molar-refractivity contribution in [1.29, 1.82) is 0 Å². The van der Waals surface area contributed by atoms with Gasteiger partial charge in [-0.3, -0.25) is 9.59 Å². The first-order valence-corrected chi connectivity index (χ1v) is 5.07. The lowest BCUT2D eigenvalue weighted by atomic mass is 10.1. The highest BCUT2D eigenvalue weighted by molar-refractivity contribution is 5.84. The van der Waals surface area contributed by atoms with Crippen molar-refractivity contribution in [1.82, 2.24) is 5.32 Å². The van der Waals surface area contributed by atoms with Crippen molar-refractivity contribution in [2.24, 2.45) is 5.73 Å². The topological polar surface area (TPSA) is 119 Å². The standard InChI is InChI=1S/C9H13F3N2O5/c10-9(11,12)4-19-3-7(16)14-5(8(17)18)1-2-6(13)15/h5H,1-4H2,(H2,13,15)(H,14,16)(H,17,18)/t5-/m0/s1. The highest BCUT2D eigenvalue weighted by Crippen LogP contribution is 2.14. The average Bonchev–Trinajstić information content (AvgIpc) is 2.21. The number of nitrogens with one attached hydrogen (secondary N) is 1. The minimum Gasteiger partial charge on any atom is -0.480 e. The van der Waals surface area contributed by atoms with E-state index in [4.69, 9.17) is 10.8 Å². The molecular weight excluding hydrogens is 273 g/mol. The molecule has 0 saturated heterocycles. The Hall–Kier alpha value is -1.84. The van der Waals surface area contributed by atoms with Gasteiger partial charge in [0, 0.05) is 6.42 Å². The van der Waals surface area contributed by atoms with Gasteiger partial charge in [0.15, 0.2) is 0 Å². The Labute approximate surface area is 105 Å². The van der Waals surface area contributed by atoms with Gasteiger partial charge in [0.1, 0.15) is 19.3 Å². The molecule has 0 aliphatic heterocycles. The lowest BCUT2D eigenvalue weighted by Gasteiger charge is -2.14. The van der Waals surface area contributed by atoms with Gasteiger partial charge < -0.3 is 20.9 Å². The summed E-state index contributed by atoms with van der Waals surface area (Å²) in [5, 5.41) is 10.6. The first kappa shape index (κ1) is 17.2. The summed E-state index contributed by atoms with van der Waals surface area (Å²) in [5.74, 6) is -3.21. The van der Waals surface area contributed by atoms with Crippen LogP contribution in [0.2, 0.25) is 0 Å². The van der Waals surface area contributed by atoms with Gasteiger partial charge in [0.25, 0.3) is 0 Å². The van der Waals surface area contributed by atoms with Crippen LogP contribution in [-0.4, -0.2) is 48.3 Å². The second kappa shape index (κ2) is 7.56. The Morgan fingerprint density at radius 2 is 1.89 bits per heavy atom. The number of aliphatic carboxylic acids is 1. The van der Waals surface area contributed by atoms with Gasteiger partial charge >= 0.3 is 12.1 Å². The number of rotatable bonds is 8. The van der Waals surface area contributed by atoms with Crippen LogP contribution >= 0.6 is 0 Å². The molecule has 0 aromatic heterocycles. The number of carbonyl (C=O) groups excluding carboxylic acids is 2. The van der Waals surface area contributed by atoms with E-state index < -0.39 is 43.2 Å². The molecular formula is C9H13F3N2O5. The van der Waals surface area contributed by atoms with Gasteiger partial charge in [-0.2, -0.15) is 13.2 Å². The number of amides is 2. The molecule has 0 bridgehead atoms. The summed E-state index contributed by atoms with van der Waals surface area (Å²) < 4.78 is 39.2. The van der Waals surface area contributed by atoms with Crippen LogP contribution in [-0.2, 0) is 19.1 Å². The van der Waals surface area contributed by atoms with Gasteiger partial charge in [-0.15, -0.1) is 0 Å². The number of carbonyl (C=O) groups is 3. The number of ether oxygens (including phenoxy) is 1. The fraction of sp³-hybridized carbons (Fsp3) is 0.667.